The number of pyridine rings is 1. The van der Waals surface area contributed by atoms with Gasteiger partial charge in [0.05, 0.1) is 6.42 Å². The molecule has 0 radical (unpaired) electrons. The van der Waals surface area contributed by atoms with Crippen LogP contribution in [0, 0.1) is 17.0 Å². The molecule has 1 atom stereocenters. The molecule has 1 spiro atoms. The van der Waals surface area contributed by atoms with Crippen molar-refractivity contribution >= 4 is 5.91 Å². The van der Waals surface area contributed by atoms with Gasteiger partial charge >= 0.3 is 0 Å². The number of nitrogens with zero attached hydrogens (tertiary/aromatic N) is 3. The molecule has 28 heavy (non-hydrogen) atoms. The van der Waals surface area contributed by atoms with E-state index in [1.54, 1.807) is 24.5 Å². The summed E-state index contributed by atoms with van der Waals surface area (Å²) in [5, 5.41) is 0. The zero-order valence-electron chi connectivity index (χ0n) is 15.9. The predicted octanol–water partition coefficient (Wildman–Crippen LogP) is 3.42. The van der Waals surface area contributed by atoms with Crippen molar-refractivity contribution in [2.75, 3.05) is 26.2 Å². The Morgan fingerprint density at radius 3 is 2.82 bits per heavy atom. The second kappa shape index (κ2) is 7.95. The van der Waals surface area contributed by atoms with Crippen molar-refractivity contribution in [3.8, 4) is 0 Å². The Kier molecular flexibility index (Phi) is 5.40. The Bertz CT molecular complexity index is 845. The maximum atomic E-state index is 14.0. The molecule has 2 fully saturated rings. The van der Waals surface area contributed by atoms with Crippen LogP contribution in [0.1, 0.15) is 30.4 Å². The average molecular weight is 385 g/mol. The van der Waals surface area contributed by atoms with Gasteiger partial charge in [0, 0.05) is 49.6 Å². The normalized spacial score (nSPS) is 22.7. The van der Waals surface area contributed by atoms with Crippen LogP contribution in [-0.4, -0.2) is 46.9 Å². The molecule has 3 heterocycles. The first kappa shape index (κ1) is 19.0. The summed E-state index contributed by atoms with van der Waals surface area (Å²) in [7, 11) is 0. The molecule has 4 rings (SSSR count). The van der Waals surface area contributed by atoms with Crippen LogP contribution in [0.4, 0.5) is 8.78 Å². The summed E-state index contributed by atoms with van der Waals surface area (Å²) in [6.07, 6.45) is 6.87. The minimum absolute atomic E-state index is 0.0622. The number of aromatic nitrogens is 1. The monoisotopic (exact) mass is 385 g/mol. The Labute approximate surface area is 164 Å². The highest BCUT2D eigenvalue weighted by Crippen LogP contribution is 2.39. The summed E-state index contributed by atoms with van der Waals surface area (Å²) in [5.74, 6) is -1.41. The lowest BCUT2D eigenvalue weighted by molar-refractivity contribution is -0.130. The largest absolute Gasteiger partial charge is 0.342 e. The first-order valence-corrected chi connectivity index (χ1v) is 9.87. The number of carbonyl (C=O) groups is 1. The van der Waals surface area contributed by atoms with Gasteiger partial charge in [0.2, 0.25) is 5.91 Å². The van der Waals surface area contributed by atoms with Crippen molar-refractivity contribution in [3.63, 3.8) is 0 Å². The van der Waals surface area contributed by atoms with Crippen LogP contribution < -0.4 is 0 Å². The molecule has 4 nitrogen and oxygen atoms in total. The second-order valence-corrected chi connectivity index (χ2v) is 8.13. The Morgan fingerprint density at radius 2 is 2.00 bits per heavy atom. The zero-order chi connectivity index (χ0) is 19.6. The van der Waals surface area contributed by atoms with Crippen molar-refractivity contribution in [1.82, 2.24) is 14.8 Å². The summed E-state index contributed by atoms with van der Waals surface area (Å²) in [6, 6.07) is 8.13. The summed E-state index contributed by atoms with van der Waals surface area (Å²) in [6.45, 7) is 3.62. The number of likely N-dealkylation sites (tertiary alicyclic amines) is 2. The van der Waals surface area contributed by atoms with E-state index in [2.05, 4.69) is 9.88 Å². The van der Waals surface area contributed by atoms with E-state index in [4.69, 9.17) is 0 Å². The van der Waals surface area contributed by atoms with Crippen molar-refractivity contribution in [2.24, 2.45) is 5.41 Å². The molecule has 1 amide bonds. The fourth-order valence-corrected chi connectivity index (χ4v) is 4.63. The van der Waals surface area contributed by atoms with Gasteiger partial charge < -0.3 is 4.90 Å². The SMILES string of the molecule is O=C(Cc1cccnc1)N1CC[C@@]2(CCCN(Cc3cccc(F)c3F)C2)C1. The molecular formula is C22H25F2N3O. The van der Waals surface area contributed by atoms with E-state index in [1.807, 2.05) is 17.0 Å². The molecule has 0 unspecified atom stereocenters. The van der Waals surface area contributed by atoms with E-state index in [9.17, 15) is 13.6 Å². The van der Waals surface area contributed by atoms with Crippen LogP contribution in [0.3, 0.4) is 0 Å². The molecule has 1 aromatic carbocycles. The van der Waals surface area contributed by atoms with Crippen LogP contribution in [0.15, 0.2) is 42.7 Å². The number of amides is 1. The lowest BCUT2D eigenvalue weighted by atomic mass is 9.79. The molecular weight excluding hydrogens is 360 g/mol. The fourth-order valence-electron chi connectivity index (χ4n) is 4.63. The third-order valence-corrected chi connectivity index (χ3v) is 6.04. The van der Waals surface area contributed by atoms with Gasteiger partial charge in [-0.3, -0.25) is 14.7 Å². The summed E-state index contributed by atoms with van der Waals surface area (Å²) in [5.41, 5.74) is 1.40. The molecule has 0 saturated carbocycles. The number of hydrogen-bond donors (Lipinski definition) is 0. The quantitative estimate of drug-likeness (QED) is 0.809. The lowest BCUT2D eigenvalue weighted by Crippen LogP contribution is -2.45. The number of rotatable bonds is 4. The fraction of sp³-hybridized carbons (Fsp3) is 0.455. The third-order valence-electron chi connectivity index (χ3n) is 6.04. The molecule has 2 aliphatic rings. The van der Waals surface area contributed by atoms with Gasteiger partial charge in [0.15, 0.2) is 11.6 Å². The number of halogens is 2. The van der Waals surface area contributed by atoms with Crippen molar-refractivity contribution in [2.45, 2.75) is 32.2 Å². The molecule has 0 N–H and O–H groups in total. The lowest BCUT2D eigenvalue weighted by Gasteiger charge is -2.40. The minimum Gasteiger partial charge on any atom is -0.342 e. The van der Waals surface area contributed by atoms with Crippen LogP contribution in [0.25, 0.3) is 0 Å². The van der Waals surface area contributed by atoms with Gasteiger partial charge in [-0.1, -0.05) is 18.2 Å². The molecule has 2 aromatic rings. The van der Waals surface area contributed by atoms with E-state index in [0.717, 1.165) is 57.1 Å². The highest BCUT2D eigenvalue weighted by Gasteiger charge is 2.42. The van der Waals surface area contributed by atoms with Gasteiger partial charge in [-0.2, -0.15) is 0 Å². The van der Waals surface area contributed by atoms with Crippen molar-refractivity contribution < 1.29 is 13.6 Å². The Balaban J connectivity index is 1.38. The third kappa shape index (κ3) is 4.07. The van der Waals surface area contributed by atoms with E-state index in [-0.39, 0.29) is 11.3 Å². The van der Waals surface area contributed by atoms with Gasteiger partial charge in [0.1, 0.15) is 0 Å². The molecule has 148 valence electrons. The molecule has 0 bridgehead atoms. The molecule has 2 saturated heterocycles. The highest BCUT2D eigenvalue weighted by molar-refractivity contribution is 5.79. The maximum absolute atomic E-state index is 14.0. The van der Waals surface area contributed by atoms with Gasteiger partial charge in [-0.15, -0.1) is 0 Å². The van der Waals surface area contributed by atoms with Gasteiger partial charge in [-0.25, -0.2) is 8.78 Å². The highest BCUT2D eigenvalue weighted by atomic mass is 19.2. The standard InChI is InChI=1S/C22H25F2N3O/c23-19-6-1-5-18(21(19)24)14-26-10-3-7-22(15-26)8-11-27(16-22)20(28)12-17-4-2-9-25-13-17/h1-2,4-6,9,13H,3,7-8,10-12,14-16H2/t22-/m1/s1. The van der Waals surface area contributed by atoms with Crippen molar-refractivity contribution in [1.29, 1.82) is 0 Å². The van der Waals surface area contributed by atoms with Crippen LogP contribution >= 0.6 is 0 Å². The first-order valence-electron chi connectivity index (χ1n) is 9.87. The summed E-state index contributed by atoms with van der Waals surface area (Å²) in [4.78, 5) is 20.9. The summed E-state index contributed by atoms with van der Waals surface area (Å²) >= 11 is 0. The van der Waals surface area contributed by atoms with Crippen molar-refractivity contribution in [3.05, 3.63) is 65.5 Å². The Hall–Kier alpha value is -2.34. The number of hydrogen-bond acceptors (Lipinski definition) is 3. The smallest absolute Gasteiger partial charge is 0.227 e. The molecule has 1 aromatic heterocycles. The van der Waals surface area contributed by atoms with Crippen LogP contribution in [0.2, 0.25) is 0 Å². The van der Waals surface area contributed by atoms with Gasteiger partial charge in [0.25, 0.3) is 0 Å². The van der Waals surface area contributed by atoms with Crippen LogP contribution in [0.5, 0.6) is 0 Å². The molecule has 2 aliphatic heterocycles. The van der Waals surface area contributed by atoms with Crippen LogP contribution in [-0.2, 0) is 17.8 Å². The van der Waals surface area contributed by atoms with Gasteiger partial charge in [-0.05, 0) is 43.5 Å². The average Bonchev–Trinajstić information content (AvgIpc) is 3.10. The number of carbonyl (C=O) groups excluding carboxylic acids is 1. The Morgan fingerprint density at radius 1 is 1.11 bits per heavy atom. The number of benzene rings is 1. The van der Waals surface area contributed by atoms with E-state index >= 15 is 0 Å². The van der Waals surface area contributed by atoms with E-state index in [1.165, 1.54) is 0 Å². The first-order chi connectivity index (χ1) is 13.5. The predicted molar refractivity (Wildman–Crippen MR) is 102 cm³/mol. The summed E-state index contributed by atoms with van der Waals surface area (Å²) < 4.78 is 27.5. The molecule has 0 aliphatic carbocycles. The molecule has 6 heteroatoms. The topological polar surface area (TPSA) is 36.4 Å². The van der Waals surface area contributed by atoms with E-state index in [0.29, 0.717) is 18.5 Å². The maximum Gasteiger partial charge on any atom is 0.227 e. The zero-order valence-corrected chi connectivity index (χ0v) is 15.9. The second-order valence-electron chi connectivity index (χ2n) is 8.13. The van der Waals surface area contributed by atoms with E-state index < -0.39 is 11.6 Å². The minimum atomic E-state index is -0.794. The number of piperidine rings is 1.